The van der Waals surface area contributed by atoms with Crippen molar-refractivity contribution in [3.8, 4) is 0 Å². The van der Waals surface area contributed by atoms with Crippen molar-refractivity contribution in [3.63, 3.8) is 0 Å². The summed E-state index contributed by atoms with van der Waals surface area (Å²) in [4.78, 5) is 21.4. The van der Waals surface area contributed by atoms with Crippen molar-refractivity contribution in [2.75, 3.05) is 37.3 Å². The summed E-state index contributed by atoms with van der Waals surface area (Å²) in [5.41, 5.74) is 6.14. The van der Waals surface area contributed by atoms with E-state index in [1.54, 1.807) is 0 Å². The molecule has 0 aromatic carbocycles. The first kappa shape index (κ1) is 15.1. The monoisotopic (exact) mass is 296 g/mol. The lowest BCUT2D eigenvalue weighted by Gasteiger charge is -2.19. The summed E-state index contributed by atoms with van der Waals surface area (Å²) in [6, 6.07) is 0. The van der Waals surface area contributed by atoms with Gasteiger partial charge in [0.15, 0.2) is 5.13 Å². The topological polar surface area (TPSA) is 62.5 Å². The highest BCUT2D eigenvalue weighted by molar-refractivity contribution is 7.18. The summed E-state index contributed by atoms with van der Waals surface area (Å²) in [5.74, 6) is 0.393. The van der Waals surface area contributed by atoms with E-state index < -0.39 is 0 Å². The summed E-state index contributed by atoms with van der Waals surface area (Å²) in [7, 11) is 1.98. The Hall–Kier alpha value is -1.30. The van der Waals surface area contributed by atoms with Gasteiger partial charge >= 0.3 is 0 Å². The van der Waals surface area contributed by atoms with E-state index in [1.807, 2.05) is 16.8 Å². The summed E-state index contributed by atoms with van der Waals surface area (Å²) in [6.45, 7) is 9.02. The van der Waals surface area contributed by atoms with Crippen molar-refractivity contribution in [2.45, 2.75) is 33.6 Å². The van der Waals surface area contributed by atoms with E-state index in [4.69, 9.17) is 5.73 Å². The predicted molar refractivity (Wildman–Crippen MR) is 84.4 cm³/mol. The zero-order valence-electron chi connectivity index (χ0n) is 12.8. The van der Waals surface area contributed by atoms with Gasteiger partial charge in [-0.05, 0) is 18.3 Å². The zero-order valence-corrected chi connectivity index (χ0v) is 13.6. The summed E-state index contributed by atoms with van der Waals surface area (Å²) in [5, 5.41) is 0.825. The van der Waals surface area contributed by atoms with Crippen molar-refractivity contribution >= 4 is 28.2 Å². The van der Waals surface area contributed by atoms with Crippen LogP contribution >= 0.6 is 11.3 Å². The second-order valence-electron chi connectivity index (χ2n) is 6.27. The van der Waals surface area contributed by atoms with Gasteiger partial charge in [0.1, 0.15) is 10.7 Å². The molecule has 112 valence electrons. The first-order valence-electron chi connectivity index (χ1n) is 7.11. The third kappa shape index (κ3) is 3.06. The number of anilines is 2. The highest BCUT2D eigenvalue weighted by atomic mass is 32.1. The summed E-state index contributed by atoms with van der Waals surface area (Å²) >= 11 is 1.40. The quantitative estimate of drug-likeness (QED) is 0.927. The molecule has 1 aromatic heterocycles. The maximum absolute atomic E-state index is 12.5. The average molecular weight is 296 g/mol. The van der Waals surface area contributed by atoms with Gasteiger partial charge in [0.05, 0.1) is 0 Å². The normalized spacial score (nSPS) is 17.5. The largest absolute Gasteiger partial charge is 0.382 e. The summed E-state index contributed by atoms with van der Waals surface area (Å²) in [6.07, 6.45) is 2.08. The molecular formula is C14H24N4OS. The molecule has 20 heavy (non-hydrogen) atoms. The van der Waals surface area contributed by atoms with Gasteiger partial charge in [-0.15, -0.1) is 0 Å². The molecule has 2 rings (SSSR count). The molecule has 1 amide bonds. The van der Waals surface area contributed by atoms with Crippen LogP contribution in [0.15, 0.2) is 0 Å². The van der Waals surface area contributed by atoms with Gasteiger partial charge in [-0.1, -0.05) is 32.1 Å². The average Bonchev–Trinajstić information content (AvgIpc) is 2.92. The lowest BCUT2D eigenvalue weighted by atomic mass is 9.93. The number of aromatic nitrogens is 1. The van der Waals surface area contributed by atoms with Gasteiger partial charge < -0.3 is 15.5 Å². The third-order valence-corrected chi connectivity index (χ3v) is 4.86. The number of rotatable bonds is 4. The highest BCUT2D eigenvalue weighted by Crippen LogP contribution is 2.33. The predicted octanol–water partition coefficient (Wildman–Crippen LogP) is 2.44. The van der Waals surface area contributed by atoms with Gasteiger partial charge in [-0.2, -0.15) is 0 Å². The molecule has 1 aliphatic rings. The Morgan fingerprint density at radius 3 is 2.80 bits per heavy atom. The highest BCUT2D eigenvalue weighted by Gasteiger charge is 2.34. The number of hydrogen-bond acceptors (Lipinski definition) is 5. The maximum atomic E-state index is 12.5. The number of nitrogen functional groups attached to an aromatic ring is 1. The van der Waals surface area contributed by atoms with Crippen molar-refractivity contribution in [2.24, 2.45) is 5.41 Å². The van der Waals surface area contributed by atoms with Gasteiger partial charge in [-0.25, -0.2) is 4.98 Å². The molecule has 1 fully saturated rings. The Morgan fingerprint density at radius 2 is 2.25 bits per heavy atom. The second kappa shape index (κ2) is 5.60. The number of nitrogens with zero attached hydrogens (tertiary/aromatic N) is 3. The SMILES string of the molecule is CCCN(C)c1nc(N)c(C(=O)N2CCC(C)(C)C2)s1. The number of carbonyl (C=O) groups excluding carboxylic acids is 1. The van der Waals surface area contributed by atoms with E-state index in [-0.39, 0.29) is 11.3 Å². The molecule has 0 saturated carbocycles. The van der Waals surface area contributed by atoms with Crippen LogP contribution in [0.5, 0.6) is 0 Å². The molecule has 0 atom stereocenters. The fourth-order valence-electron chi connectivity index (χ4n) is 2.50. The molecule has 2 heterocycles. The molecular weight excluding hydrogens is 272 g/mol. The molecule has 6 heteroatoms. The molecule has 5 nitrogen and oxygen atoms in total. The molecule has 1 aromatic rings. The van der Waals surface area contributed by atoms with E-state index in [1.165, 1.54) is 11.3 Å². The Morgan fingerprint density at radius 1 is 1.55 bits per heavy atom. The molecule has 2 N–H and O–H groups in total. The lowest BCUT2D eigenvalue weighted by Crippen LogP contribution is -2.30. The number of carbonyl (C=O) groups is 1. The molecule has 0 bridgehead atoms. The fraction of sp³-hybridized carbons (Fsp3) is 0.714. The van der Waals surface area contributed by atoms with Gasteiger partial charge in [0.25, 0.3) is 5.91 Å². The van der Waals surface area contributed by atoms with Crippen molar-refractivity contribution in [1.82, 2.24) is 9.88 Å². The fourth-order valence-corrected chi connectivity index (χ4v) is 3.44. The number of amides is 1. The molecule has 1 aliphatic heterocycles. The molecule has 0 aliphatic carbocycles. The Kier molecular flexibility index (Phi) is 4.22. The molecule has 1 saturated heterocycles. The van der Waals surface area contributed by atoms with E-state index >= 15 is 0 Å². The van der Waals surface area contributed by atoms with Crippen LogP contribution in [-0.4, -0.2) is 42.5 Å². The van der Waals surface area contributed by atoms with Crippen LogP contribution in [0, 0.1) is 5.41 Å². The van der Waals surface area contributed by atoms with Crippen LogP contribution in [0.3, 0.4) is 0 Å². The van der Waals surface area contributed by atoms with E-state index in [2.05, 4.69) is 25.8 Å². The van der Waals surface area contributed by atoms with Crippen molar-refractivity contribution < 1.29 is 4.79 Å². The minimum Gasteiger partial charge on any atom is -0.382 e. The van der Waals surface area contributed by atoms with Crippen molar-refractivity contribution in [3.05, 3.63) is 4.88 Å². The maximum Gasteiger partial charge on any atom is 0.267 e. The zero-order chi connectivity index (χ0) is 14.9. The summed E-state index contributed by atoms with van der Waals surface area (Å²) < 4.78 is 0. The Labute approximate surface area is 124 Å². The Bertz CT molecular complexity index is 497. The smallest absolute Gasteiger partial charge is 0.267 e. The molecule has 0 radical (unpaired) electrons. The standard InChI is InChI=1S/C14H24N4OS/c1-5-7-17(4)13-16-11(15)10(20-13)12(19)18-8-6-14(2,3)9-18/h5-9,15H2,1-4H3. The minimum atomic E-state index is 0.0294. The minimum absolute atomic E-state index is 0.0294. The number of nitrogens with two attached hydrogens (primary N) is 1. The van der Waals surface area contributed by atoms with Crippen molar-refractivity contribution in [1.29, 1.82) is 0 Å². The third-order valence-electron chi connectivity index (χ3n) is 3.69. The lowest BCUT2D eigenvalue weighted by molar-refractivity contribution is 0.0784. The van der Waals surface area contributed by atoms with E-state index in [0.717, 1.165) is 37.6 Å². The number of hydrogen-bond donors (Lipinski definition) is 1. The van der Waals surface area contributed by atoms with Crippen LogP contribution in [0.25, 0.3) is 0 Å². The van der Waals surface area contributed by atoms with E-state index in [9.17, 15) is 4.79 Å². The first-order valence-corrected chi connectivity index (χ1v) is 7.92. The second-order valence-corrected chi connectivity index (χ2v) is 7.25. The van der Waals surface area contributed by atoms with E-state index in [0.29, 0.717) is 10.7 Å². The van der Waals surface area contributed by atoms with Crippen LogP contribution < -0.4 is 10.6 Å². The van der Waals surface area contributed by atoms with Crippen LogP contribution in [0.4, 0.5) is 10.9 Å². The first-order chi connectivity index (χ1) is 9.34. The molecule has 0 unspecified atom stereocenters. The molecule has 0 spiro atoms. The van der Waals surface area contributed by atoms with Gasteiger partial charge in [0.2, 0.25) is 0 Å². The van der Waals surface area contributed by atoms with Crippen LogP contribution in [0.1, 0.15) is 43.3 Å². The number of likely N-dealkylation sites (tertiary alicyclic amines) is 1. The Balaban J connectivity index is 2.15. The van der Waals surface area contributed by atoms with Gasteiger partial charge in [0, 0.05) is 26.7 Å². The van der Waals surface area contributed by atoms with Gasteiger partial charge in [-0.3, -0.25) is 4.79 Å². The van der Waals surface area contributed by atoms with Crippen LogP contribution in [-0.2, 0) is 0 Å². The number of thiazole rings is 1. The van der Waals surface area contributed by atoms with Crippen LogP contribution in [0.2, 0.25) is 0 Å².